The van der Waals surface area contributed by atoms with E-state index in [1.165, 1.54) is 32.1 Å². The lowest BCUT2D eigenvalue weighted by Crippen LogP contribution is -2.52. The Bertz CT molecular complexity index is 416. The molecule has 0 aliphatic heterocycles. The molecule has 0 aromatic rings. The minimum absolute atomic E-state index is 0.0738. The van der Waals surface area contributed by atoms with Crippen molar-refractivity contribution >= 4 is 11.8 Å². The number of nitrogens with zero attached hydrogens (tertiary/aromatic N) is 2. The third-order valence-electron chi connectivity index (χ3n) is 6.38. The van der Waals surface area contributed by atoms with Crippen LogP contribution >= 0.6 is 0 Å². The quantitative estimate of drug-likeness (QED) is 0.782. The summed E-state index contributed by atoms with van der Waals surface area (Å²) in [5.74, 6) is 3.45. The van der Waals surface area contributed by atoms with Crippen molar-refractivity contribution in [2.45, 2.75) is 46.0 Å². The lowest BCUT2D eigenvalue weighted by molar-refractivity contribution is -0.151. The summed E-state index contributed by atoms with van der Waals surface area (Å²) < 4.78 is 0. The number of hydrogen-bond donors (Lipinski definition) is 0. The van der Waals surface area contributed by atoms with Crippen LogP contribution in [0.3, 0.4) is 0 Å². The zero-order chi connectivity index (χ0) is 15.9. The molecule has 0 unspecified atom stereocenters. The van der Waals surface area contributed by atoms with E-state index in [1.54, 1.807) is 9.80 Å². The zero-order valence-electron chi connectivity index (χ0n) is 14.3. The third-order valence-corrected chi connectivity index (χ3v) is 6.38. The van der Waals surface area contributed by atoms with Gasteiger partial charge in [0.2, 0.25) is 11.8 Å². The molecule has 0 atom stereocenters. The monoisotopic (exact) mass is 306 g/mol. The maximum Gasteiger partial charge on any atom is 0.242 e. The van der Waals surface area contributed by atoms with Gasteiger partial charge in [-0.1, -0.05) is 0 Å². The van der Waals surface area contributed by atoms with Gasteiger partial charge in [-0.15, -0.1) is 0 Å². The number of likely N-dealkylation sites (N-methyl/N-ethyl adjacent to an activating group) is 2. The molecular weight excluding hydrogens is 276 g/mol. The first kappa shape index (κ1) is 15.8. The highest BCUT2D eigenvalue weighted by atomic mass is 16.2. The van der Waals surface area contributed by atoms with Crippen molar-refractivity contribution in [3.05, 3.63) is 0 Å². The molecule has 4 heteroatoms. The predicted molar refractivity (Wildman–Crippen MR) is 86.1 cm³/mol. The van der Waals surface area contributed by atoms with Crippen LogP contribution in [0.25, 0.3) is 0 Å². The number of carbonyl (C=O) groups is 2. The Morgan fingerprint density at radius 3 is 1.86 bits per heavy atom. The summed E-state index contributed by atoms with van der Waals surface area (Å²) in [5, 5.41) is 0. The molecule has 0 aromatic carbocycles. The van der Waals surface area contributed by atoms with Gasteiger partial charge in [0.05, 0.1) is 6.54 Å². The van der Waals surface area contributed by atoms with Gasteiger partial charge in [0.25, 0.3) is 0 Å². The maximum absolute atomic E-state index is 12.9. The average molecular weight is 306 g/mol. The standard InChI is InChI=1S/C18H30N2O2/c1-4-20(5-2)16(21)11-19(3)18(22)17-14-7-12-6-13(9-14)10-15(17)8-12/h12-15,17H,4-11H2,1-3H3. The van der Waals surface area contributed by atoms with Crippen LogP contribution in [0.15, 0.2) is 0 Å². The largest absolute Gasteiger partial charge is 0.342 e. The van der Waals surface area contributed by atoms with Gasteiger partial charge in [0, 0.05) is 26.1 Å². The minimum atomic E-state index is 0.0738. The molecule has 124 valence electrons. The fraction of sp³-hybridized carbons (Fsp3) is 0.889. The minimum Gasteiger partial charge on any atom is -0.342 e. The summed E-state index contributed by atoms with van der Waals surface area (Å²) in [5.41, 5.74) is 0. The van der Waals surface area contributed by atoms with Crippen molar-refractivity contribution in [2.24, 2.45) is 29.6 Å². The van der Waals surface area contributed by atoms with Gasteiger partial charge in [-0.2, -0.15) is 0 Å². The second-order valence-corrected chi connectivity index (χ2v) is 7.72. The topological polar surface area (TPSA) is 40.6 Å². The SMILES string of the molecule is CCN(CC)C(=O)CN(C)C(=O)C1C2CC3CC(C2)CC1C3. The van der Waals surface area contributed by atoms with Crippen molar-refractivity contribution in [2.75, 3.05) is 26.7 Å². The van der Waals surface area contributed by atoms with E-state index < -0.39 is 0 Å². The first-order valence-electron chi connectivity index (χ1n) is 9.06. The normalized spacial score (nSPS) is 35.5. The second kappa shape index (κ2) is 6.21. The average Bonchev–Trinajstić information content (AvgIpc) is 2.47. The van der Waals surface area contributed by atoms with E-state index >= 15 is 0 Å². The first-order valence-corrected chi connectivity index (χ1v) is 9.06. The lowest BCUT2D eigenvalue weighted by Gasteiger charge is -2.54. The van der Waals surface area contributed by atoms with E-state index in [4.69, 9.17) is 0 Å². The molecule has 4 saturated carbocycles. The molecule has 4 nitrogen and oxygen atoms in total. The molecule has 4 aliphatic carbocycles. The highest BCUT2D eigenvalue weighted by Gasteiger charge is 2.51. The molecule has 0 N–H and O–H groups in total. The summed E-state index contributed by atoms with van der Waals surface area (Å²) in [4.78, 5) is 28.7. The second-order valence-electron chi connectivity index (χ2n) is 7.72. The molecule has 2 amide bonds. The summed E-state index contributed by atoms with van der Waals surface area (Å²) >= 11 is 0. The van der Waals surface area contributed by atoms with Gasteiger partial charge < -0.3 is 9.80 Å². The summed E-state index contributed by atoms with van der Waals surface area (Å²) in [6, 6.07) is 0. The van der Waals surface area contributed by atoms with E-state index in [2.05, 4.69) is 0 Å². The van der Waals surface area contributed by atoms with Crippen molar-refractivity contribution < 1.29 is 9.59 Å². The van der Waals surface area contributed by atoms with Gasteiger partial charge in [-0.25, -0.2) is 0 Å². The lowest BCUT2D eigenvalue weighted by atomic mass is 9.51. The Morgan fingerprint density at radius 2 is 1.41 bits per heavy atom. The highest BCUT2D eigenvalue weighted by molar-refractivity contribution is 5.86. The molecule has 4 rings (SSSR count). The molecule has 0 aromatic heterocycles. The van der Waals surface area contributed by atoms with Crippen LogP contribution in [0.1, 0.15) is 46.0 Å². The Hall–Kier alpha value is -1.06. The Morgan fingerprint density at radius 1 is 0.909 bits per heavy atom. The molecule has 0 spiro atoms. The molecular formula is C18H30N2O2. The molecule has 4 fully saturated rings. The maximum atomic E-state index is 12.9. The molecule has 0 heterocycles. The summed E-state index contributed by atoms with van der Waals surface area (Å²) in [7, 11) is 1.81. The Balaban J connectivity index is 1.62. The van der Waals surface area contributed by atoms with Crippen LogP contribution in [-0.2, 0) is 9.59 Å². The number of amides is 2. The highest BCUT2D eigenvalue weighted by Crippen LogP contribution is 2.56. The third kappa shape index (κ3) is 2.77. The summed E-state index contributed by atoms with van der Waals surface area (Å²) in [6.07, 6.45) is 6.41. The van der Waals surface area contributed by atoms with Crippen molar-refractivity contribution in [1.29, 1.82) is 0 Å². The zero-order valence-corrected chi connectivity index (χ0v) is 14.3. The Labute approximate surface area is 134 Å². The molecule has 0 saturated heterocycles. The van der Waals surface area contributed by atoms with Crippen molar-refractivity contribution in [3.8, 4) is 0 Å². The van der Waals surface area contributed by atoms with Crippen LogP contribution in [0, 0.1) is 29.6 Å². The van der Waals surface area contributed by atoms with E-state index in [-0.39, 0.29) is 24.3 Å². The number of hydrogen-bond acceptors (Lipinski definition) is 2. The number of carbonyl (C=O) groups excluding carboxylic acids is 2. The van der Waals surface area contributed by atoms with E-state index in [0.717, 1.165) is 24.9 Å². The Kier molecular flexibility index (Phi) is 4.47. The van der Waals surface area contributed by atoms with Crippen molar-refractivity contribution in [3.63, 3.8) is 0 Å². The summed E-state index contributed by atoms with van der Waals surface area (Å²) in [6.45, 7) is 5.65. The van der Waals surface area contributed by atoms with E-state index in [9.17, 15) is 9.59 Å². The van der Waals surface area contributed by atoms with Gasteiger partial charge in [-0.3, -0.25) is 9.59 Å². The van der Waals surface area contributed by atoms with E-state index in [1.807, 2.05) is 20.9 Å². The molecule has 4 bridgehead atoms. The fourth-order valence-electron chi connectivity index (χ4n) is 5.54. The molecule has 0 radical (unpaired) electrons. The van der Waals surface area contributed by atoms with Crippen LogP contribution in [0.2, 0.25) is 0 Å². The molecule has 22 heavy (non-hydrogen) atoms. The smallest absolute Gasteiger partial charge is 0.242 e. The first-order chi connectivity index (χ1) is 10.5. The van der Waals surface area contributed by atoms with Gasteiger partial charge in [0.1, 0.15) is 0 Å². The van der Waals surface area contributed by atoms with E-state index in [0.29, 0.717) is 11.8 Å². The van der Waals surface area contributed by atoms with Gasteiger partial charge in [-0.05, 0) is 69.6 Å². The van der Waals surface area contributed by atoms with Crippen LogP contribution in [0.4, 0.5) is 0 Å². The van der Waals surface area contributed by atoms with Crippen LogP contribution in [-0.4, -0.2) is 48.3 Å². The van der Waals surface area contributed by atoms with Crippen LogP contribution in [0.5, 0.6) is 0 Å². The van der Waals surface area contributed by atoms with Crippen LogP contribution < -0.4 is 0 Å². The van der Waals surface area contributed by atoms with Gasteiger partial charge in [0.15, 0.2) is 0 Å². The van der Waals surface area contributed by atoms with Crippen molar-refractivity contribution in [1.82, 2.24) is 9.80 Å². The van der Waals surface area contributed by atoms with Gasteiger partial charge >= 0.3 is 0 Å². The molecule has 4 aliphatic rings. The number of rotatable bonds is 5. The predicted octanol–water partition coefficient (Wildman–Crippen LogP) is 2.39. The fourth-order valence-corrected chi connectivity index (χ4v) is 5.54.